The molecule has 0 saturated carbocycles. The minimum atomic E-state index is 0.132. The Labute approximate surface area is 90.9 Å². The molecule has 0 bridgehead atoms. The molecule has 0 N–H and O–H groups in total. The Morgan fingerprint density at radius 3 is 2.80 bits per heavy atom. The van der Waals surface area contributed by atoms with Crippen molar-refractivity contribution in [2.75, 3.05) is 13.6 Å². The molecule has 0 fully saturated rings. The molecule has 0 saturated heterocycles. The summed E-state index contributed by atoms with van der Waals surface area (Å²) < 4.78 is 0. The van der Waals surface area contributed by atoms with Crippen molar-refractivity contribution in [3.63, 3.8) is 0 Å². The topological polar surface area (TPSA) is 20.3 Å². The second kappa shape index (κ2) is 4.05. The molecule has 15 heavy (non-hydrogen) atoms. The normalized spacial score (nSPS) is 13.7. The number of hydrogen-bond acceptors (Lipinski definition) is 1. The van der Waals surface area contributed by atoms with Gasteiger partial charge in [-0.25, -0.2) is 0 Å². The fourth-order valence-corrected chi connectivity index (χ4v) is 2.07. The van der Waals surface area contributed by atoms with E-state index in [4.69, 9.17) is 0 Å². The summed E-state index contributed by atoms with van der Waals surface area (Å²) >= 11 is 0. The number of amides is 1. The standard InChI is InChI=1S/C13H17NO/c1-3-14(2)13(15)12-8-7-10-5-4-6-11(10)9-12/h7-9H,3-6H2,1-2H3. The van der Waals surface area contributed by atoms with Crippen molar-refractivity contribution in [3.8, 4) is 0 Å². The van der Waals surface area contributed by atoms with Crippen LogP contribution in [-0.2, 0) is 12.8 Å². The lowest BCUT2D eigenvalue weighted by Gasteiger charge is -2.15. The molecule has 0 aliphatic heterocycles. The fourth-order valence-electron chi connectivity index (χ4n) is 2.07. The lowest BCUT2D eigenvalue weighted by atomic mass is 10.1. The number of benzene rings is 1. The molecule has 1 aromatic carbocycles. The fraction of sp³-hybridized carbons (Fsp3) is 0.462. The van der Waals surface area contributed by atoms with Crippen LogP contribution in [0.4, 0.5) is 0 Å². The van der Waals surface area contributed by atoms with E-state index in [1.807, 2.05) is 20.0 Å². The van der Waals surface area contributed by atoms with Crippen LogP contribution in [0.2, 0.25) is 0 Å². The van der Waals surface area contributed by atoms with Gasteiger partial charge in [0.25, 0.3) is 5.91 Å². The highest BCUT2D eigenvalue weighted by Crippen LogP contribution is 2.23. The van der Waals surface area contributed by atoms with Gasteiger partial charge in [-0.05, 0) is 49.4 Å². The van der Waals surface area contributed by atoms with Gasteiger partial charge in [0.2, 0.25) is 0 Å². The average molecular weight is 203 g/mol. The molecule has 1 amide bonds. The number of rotatable bonds is 2. The van der Waals surface area contributed by atoms with E-state index in [-0.39, 0.29) is 5.91 Å². The van der Waals surface area contributed by atoms with E-state index in [2.05, 4.69) is 12.1 Å². The minimum absolute atomic E-state index is 0.132. The molecule has 0 spiro atoms. The van der Waals surface area contributed by atoms with E-state index in [9.17, 15) is 4.79 Å². The highest BCUT2D eigenvalue weighted by Gasteiger charge is 2.15. The van der Waals surface area contributed by atoms with Crippen LogP contribution in [0.15, 0.2) is 18.2 Å². The highest BCUT2D eigenvalue weighted by atomic mass is 16.2. The molecule has 1 aromatic rings. The van der Waals surface area contributed by atoms with Gasteiger partial charge in [0.05, 0.1) is 0 Å². The third-order valence-electron chi connectivity index (χ3n) is 3.17. The Kier molecular flexibility index (Phi) is 2.76. The molecule has 80 valence electrons. The summed E-state index contributed by atoms with van der Waals surface area (Å²) in [6, 6.07) is 6.13. The third kappa shape index (κ3) is 1.89. The molecule has 2 nitrogen and oxygen atoms in total. The number of carbonyl (C=O) groups excluding carboxylic acids is 1. The Bertz CT molecular complexity index is 384. The predicted octanol–water partition coefficient (Wildman–Crippen LogP) is 2.27. The molecule has 0 aromatic heterocycles. The molecule has 0 heterocycles. The largest absolute Gasteiger partial charge is 0.342 e. The molecular formula is C13H17NO. The average Bonchev–Trinajstić information content (AvgIpc) is 2.73. The number of aryl methyl sites for hydroxylation is 2. The van der Waals surface area contributed by atoms with Crippen molar-refractivity contribution in [2.45, 2.75) is 26.2 Å². The first-order valence-corrected chi connectivity index (χ1v) is 5.59. The second-order valence-electron chi connectivity index (χ2n) is 4.16. The molecule has 1 aliphatic carbocycles. The Hall–Kier alpha value is -1.31. The molecular weight excluding hydrogens is 186 g/mol. The number of hydrogen-bond donors (Lipinski definition) is 0. The third-order valence-corrected chi connectivity index (χ3v) is 3.17. The van der Waals surface area contributed by atoms with E-state index < -0.39 is 0 Å². The predicted molar refractivity (Wildman–Crippen MR) is 61.1 cm³/mol. The van der Waals surface area contributed by atoms with Crippen molar-refractivity contribution >= 4 is 5.91 Å². The summed E-state index contributed by atoms with van der Waals surface area (Å²) in [5, 5.41) is 0. The van der Waals surface area contributed by atoms with Crippen molar-refractivity contribution in [3.05, 3.63) is 34.9 Å². The first kappa shape index (κ1) is 10.2. The van der Waals surface area contributed by atoms with Crippen LogP contribution in [0.3, 0.4) is 0 Å². The van der Waals surface area contributed by atoms with Crippen LogP contribution in [0.25, 0.3) is 0 Å². The summed E-state index contributed by atoms with van der Waals surface area (Å²) in [4.78, 5) is 13.6. The Morgan fingerprint density at radius 2 is 2.07 bits per heavy atom. The van der Waals surface area contributed by atoms with Crippen LogP contribution in [-0.4, -0.2) is 24.4 Å². The highest BCUT2D eigenvalue weighted by molar-refractivity contribution is 5.94. The van der Waals surface area contributed by atoms with E-state index in [0.29, 0.717) is 0 Å². The van der Waals surface area contributed by atoms with Gasteiger partial charge in [-0.3, -0.25) is 4.79 Å². The van der Waals surface area contributed by atoms with E-state index in [0.717, 1.165) is 18.5 Å². The van der Waals surface area contributed by atoms with E-state index in [1.165, 1.54) is 24.0 Å². The van der Waals surface area contributed by atoms with Crippen LogP contribution < -0.4 is 0 Å². The number of nitrogens with zero attached hydrogens (tertiary/aromatic N) is 1. The SMILES string of the molecule is CCN(C)C(=O)c1ccc2c(c1)CCC2. The summed E-state index contributed by atoms with van der Waals surface area (Å²) in [5.74, 6) is 0.132. The quantitative estimate of drug-likeness (QED) is 0.722. The molecule has 0 radical (unpaired) electrons. The second-order valence-corrected chi connectivity index (χ2v) is 4.16. The summed E-state index contributed by atoms with van der Waals surface area (Å²) in [6.45, 7) is 2.75. The molecule has 2 rings (SSSR count). The lowest BCUT2D eigenvalue weighted by molar-refractivity contribution is 0.0802. The van der Waals surface area contributed by atoms with Gasteiger partial charge in [0, 0.05) is 19.2 Å². The molecule has 0 unspecified atom stereocenters. The van der Waals surface area contributed by atoms with Crippen LogP contribution in [0, 0.1) is 0 Å². The van der Waals surface area contributed by atoms with Crippen molar-refractivity contribution < 1.29 is 4.79 Å². The van der Waals surface area contributed by atoms with Crippen LogP contribution in [0.1, 0.15) is 34.8 Å². The van der Waals surface area contributed by atoms with Gasteiger partial charge >= 0.3 is 0 Å². The van der Waals surface area contributed by atoms with Crippen molar-refractivity contribution in [2.24, 2.45) is 0 Å². The minimum Gasteiger partial charge on any atom is -0.342 e. The first-order chi connectivity index (χ1) is 7.22. The molecule has 2 heteroatoms. The van der Waals surface area contributed by atoms with Gasteiger partial charge in [0.1, 0.15) is 0 Å². The summed E-state index contributed by atoms with van der Waals surface area (Å²) in [5.41, 5.74) is 3.62. The van der Waals surface area contributed by atoms with Gasteiger partial charge < -0.3 is 4.90 Å². The van der Waals surface area contributed by atoms with Gasteiger partial charge in [-0.2, -0.15) is 0 Å². The number of fused-ring (bicyclic) bond motifs is 1. The summed E-state index contributed by atoms with van der Waals surface area (Å²) in [6.07, 6.45) is 3.54. The number of carbonyl (C=O) groups is 1. The summed E-state index contributed by atoms with van der Waals surface area (Å²) in [7, 11) is 1.84. The van der Waals surface area contributed by atoms with Gasteiger partial charge in [-0.15, -0.1) is 0 Å². The zero-order chi connectivity index (χ0) is 10.8. The van der Waals surface area contributed by atoms with Crippen molar-refractivity contribution in [1.29, 1.82) is 0 Å². The molecule has 0 atom stereocenters. The van der Waals surface area contributed by atoms with Gasteiger partial charge in [-0.1, -0.05) is 6.07 Å². The zero-order valence-electron chi connectivity index (χ0n) is 9.42. The lowest BCUT2D eigenvalue weighted by Crippen LogP contribution is -2.26. The van der Waals surface area contributed by atoms with Gasteiger partial charge in [0.15, 0.2) is 0 Å². The molecule has 1 aliphatic rings. The van der Waals surface area contributed by atoms with Crippen molar-refractivity contribution in [1.82, 2.24) is 4.90 Å². The van der Waals surface area contributed by atoms with Crippen LogP contribution in [0.5, 0.6) is 0 Å². The Morgan fingerprint density at radius 1 is 1.33 bits per heavy atom. The Balaban J connectivity index is 2.26. The van der Waals surface area contributed by atoms with E-state index >= 15 is 0 Å². The van der Waals surface area contributed by atoms with E-state index in [1.54, 1.807) is 4.90 Å². The maximum absolute atomic E-state index is 11.9. The maximum Gasteiger partial charge on any atom is 0.253 e. The van der Waals surface area contributed by atoms with Crippen LogP contribution >= 0.6 is 0 Å². The monoisotopic (exact) mass is 203 g/mol. The smallest absolute Gasteiger partial charge is 0.253 e. The zero-order valence-corrected chi connectivity index (χ0v) is 9.42. The first-order valence-electron chi connectivity index (χ1n) is 5.59. The maximum atomic E-state index is 11.9.